The summed E-state index contributed by atoms with van der Waals surface area (Å²) in [5.74, 6) is -6.09. The number of rotatable bonds is 7. The lowest BCUT2D eigenvalue weighted by molar-refractivity contribution is -0.555. The number of nitrogens with zero attached hydrogens (tertiary/aromatic N) is 5. The minimum atomic E-state index is -4.62. The summed E-state index contributed by atoms with van der Waals surface area (Å²) >= 11 is 0. The van der Waals surface area contributed by atoms with Gasteiger partial charge in [-0.3, -0.25) is 10.2 Å². The molecule has 0 bridgehead atoms. The fourth-order valence-corrected chi connectivity index (χ4v) is 3.79. The average molecular weight is 517 g/mol. The molecule has 0 spiro atoms. The minimum absolute atomic E-state index is 0.0955. The van der Waals surface area contributed by atoms with E-state index in [0.29, 0.717) is 12.4 Å². The van der Waals surface area contributed by atoms with Crippen LogP contribution in [0.1, 0.15) is 24.7 Å². The molecule has 3 heterocycles. The Hall–Kier alpha value is -3.62. The average Bonchev–Trinajstić information content (AvgIpc) is 2.80. The number of hydrogen-bond acceptors (Lipinski definition) is 7. The first-order valence-electron chi connectivity index (χ1n) is 10.7. The highest BCUT2D eigenvalue weighted by molar-refractivity contribution is 6.54. The number of carbonyl (C=O) groups excluding carboxylic acids is 1. The first-order chi connectivity index (χ1) is 16.8. The molecule has 1 aliphatic heterocycles. The second kappa shape index (κ2) is 10.6. The Morgan fingerprint density at radius 2 is 1.83 bits per heavy atom. The third kappa shape index (κ3) is 6.33. The number of quaternary nitrogens is 1. The number of likely N-dealkylation sites (tertiary alicyclic amines) is 1. The molecule has 3 rings (SSSR count). The molecular formula is C21H23F6N8O+. The number of aromatic nitrogens is 4. The van der Waals surface area contributed by atoms with Crippen LogP contribution < -0.4 is 10.6 Å². The van der Waals surface area contributed by atoms with Crippen LogP contribution in [0.5, 0.6) is 0 Å². The van der Waals surface area contributed by atoms with Crippen LogP contribution in [-0.2, 0) is 11.0 Å². The molecule has 1 amide bonds. The number of nitrogens with two attached hydrogens (primary N) is 1. The van der Waals surface area contributed by atoms with Crippen molar-refractivity contribution in [3.63, 3.8) is 0 Å². The monoisotopic (exact) mass is 517 g/mol. The maximum Gasteiger partial charge on any atom is 0.419 e. The molecule has 0 radical (unpaired) electrons. The van der Waals surface area contributed by atoms with Crippen molar-refractivity contribution in [1.82, 2.24) is 24.8 Å². The van der Waals surface area contributed by atoms with Crippen molar-refractivity contribution in [2.75, 3.05) is 25.5 Å². The van der Waals surface area contributed by atoms with Crippen LogP contribution in [0.4, 0.5) is 32.3 Å². The van der Waals surface area contributed by atoms with Crippen LogP contribution in [0.25, 0.3) is 5.57 Å². The van der Waals surface area contributed by atoms with Crippen LogP contribution in [0.2, 0.25) is 0 Å². The van der Waals surface area contributed by atoms with Gasteiger partial charge in [0, 0.05) is 25.4 Å². The quantitative estimate of drug-likeness (QED) is 0.381. The first kappa shape index (κ1) is 27.0. The molecular weight excluding hydrogens is 494 g/mol. The van der Waals surface area contributed by atoms with E-state index in [1.54, 1.807) is 7.05 Å². The molecule has 36 heavy (non-hydrogen) atoms. The Kier molecular flexibility index (Phi) is 7.91. The number of halogens is 6. The Morgan fingerprint density at radius 3 is 2.39 bits per heavy atom. The van der Waals surface area contributed by atoms with Gasteiger partial charge in [0.1, 0.15) is 17.5 Å². The largest absolute Gasteiger partial charge is 0.419 e. The molecule has 1 saturated heterocycles. The van der Waals surface area contributed by atoms with Gasteiger partial charge in [0.05, 0.1) is 37.6 Å². The van der Waals surface area contributed by atoms with E-state index in [0.717, 1.165) is 17.3 Å². The molecule has 2 aromatic rings. The van der Waals surface area contributed by atoms with Gasteiger partial charge >= 0.3 is 6.18 Å². The van der Waals surface area contributed by atoms with Crippen molar-refractivity contribution in [3.05, 3.63) is 48.2 Å². The van der Waals surface area contributed by atoms with E-state index >= 15 is 0 Å². The Balaban J connectivity index is 1.84. The van der Waals surface area contributed by atoms with E-state index in [-0.39, 0.29) is 23.9 Å². The van der Waals surface area contributed by atoms with Gasteiger partial charge in [-0.2, -0.15) is 13.2 Å². The molecule has 9 nitrogen and oxygen atoms in total. The molecule has 2 atom stereocenters. The summed E-state index contributed by atoms with van der Waals surface area (Å²) < 4.78 is 80.3. The van der Waals surface area contributed by atoms with E-state index in [2.05, 4.69) is 25.3 Å². The summed E-state index contributed by atoms with van der Waals surface area (Å²) in [5.41, 5.74) is -1.83. The van der Waals surface area contributed by atoms with Crippen molar-refractivity contribution in [2.24, 2.45) is 5.92 Å². The van der Waals surface area contributed by atoms with Gasteiger partial charge in [-0.05, 0) is 5.92 Å². The first-order valence-corrected chi connectivity index (χ1v) is 10.7. The Bertz CT molecular complexity index is 1120. The third-order valence-corrected chi connectivity index (χ3v) is 5.47. The molecule has 0 aromatic carbocycles. The molecule has 1 aliphatic rings. The maximum atomic E-state index is 14.4. The second-order valence-electron chi connectivity index (χ2n) is 8.23. The number of piperidine rings is 1. The lowest BCUT2D eigenvalue weighted by Gasteiger charge is -2.43. The maximum absolute atomic E-state index is 14.4. The molecule has 4 N–H and O–H groups in total. The van der Waals surface area contributed by atoms with Crippen molar-refractivity contribution >= 4 is 23.1 Å². The summed E-state index contributed by atoms with van der Waals surface area (Å²) in [7, 11) is 1.59. The molecule has 0 saturated carbocycles. The zero-order valence-corrected chi connectivity index (χ0v) is 19.2. The fourth-order valence-electron chi connectivity index (χ4n) is 3.79. The Labute approximate surface area is 201 Å². The summed E-state index contributed by atoms with van der Waals surface area (Å²) in [6.07, 6.45) is -0.990. The van der Waals surface area contributed by atoms with Crippen LogP contribution in [0, 0.1) is 17.1 Å². The summed E-state index contributed by atoms with van der Waals surface area (Å²) in [6.45, 7) is 0.358. The van der Waals surface area contributed by atoms with Crippen LogP contribution >= 0.6 is 0 Å². The molecule has 194 valence electrons. The van der Waals surface area contributed by atoms with Crippen molar-refractivity contribution in [3.8, 4) is 0 Å². The van der Waals surface area contributed by atoms with Gasteiger partial charge < -0.3 is 15.5 Å². The highest BCUT2D eigenvalue weighted by atomic mass is 19.4. The van der Waals surface area contributed by atoms with E-state index in [1.165, 1.54) is 18.4 Å². The number of hydrogen-bond donors (Lipinski definition) is 3. The van der Waals surface area contributed by atoms with Gasteiger partial charge in [0.2, 0.25) is 5.95 Å². The summed E-state index contributed by atoms with van der Waals surface area (Å²) in [4.78, 5) is 28.8. The standard InChI is InChI=1S/C21H22F6N8O/c1-11-3-20(23,24)10-35(15(11)9-34-19-32-4-12(5-33-19)21(25,26)27)18(36)16(28)14(8-29-2)17-30-6-13(22)7-31-17/h4-8,11,15,28-29H,3,9-10H2,1-2H3,(H,32,33,34)/p+1/b14-8+,28-16?/t11-,15-/m1/s1. The lowest BCUT2D eigenvalue weighted by atomic mass is 9.87. The number of anilines is 1. The minimum Gasteiger partial charge on any atom is -0.352 e. The smallest absolute Gasteiger partial charge is 0.352 e. The SMILES string of the molecule is C[NH2+]/C=C(\C(=N)C(=O)N1CC(F)(F)C[C@@H](C)[C@H]1CNc1ncc(C(F)(F)F)cn1)c1ncc(F)cn1. The zero-order valence-electron chi connectivity index (χ0n) is 19.2. The van der Waals surface area contributed by atoms with Crippen LogP contribution in [-0.4, -0.2) is 68.6 Å². The predicted octanol–water partition coefficient (Wildman–Crippen LogP) is 1.96. The van der Waals surface area contributed by atoms with E-state index in [1.807, 2.05) is 0 Å². The van der Waals surface area contributed by atoms with Gasteiger partial charge in [-0.1, -0.05) is 6.92 Å². The number of nitrogens with one attached hydrogen (secondary N) is 2. The predicted molar refractivity (Wildman–Crippen MR) is 115 cm³/mol. The topological polar surface area (TPSA) is 124 Å². The molecule has 0 unspecified atom stereocenters. The highest BCUT2D eigenvalue weighted by Crippen LogP contribution is 2.35. The number of alkyl halides is 5. The molecule has 15 heteroatoms. The van der Waals surface area contributed by atoms with Gasteiger partial charge in [-0.15, -0.1) is 0 Å². The van der Waals surface area contributed by atoms with Crippen molar-refractivity contribution in [1.29, 1.82) is 5.41 Å². The zero-order chi connectivity index (χ0) is 26.7. The van der Waals surface area contributed by atoms with Crippen molar-refractivity contribution in [2.45, 2.75) is 31.5 Å². The normalized spacial score (nSPS) is 20.2. The number of amides is 1. The van der Waals surface area contributed by atoms with E-state index < -0.39 is 60.0 Å². The molecule has 2 aromatic heterocycles. The number of carbonyl (C=O) groups is 1. The van der Waals surface area contributed by atoms with Gasteiger partial charge in [0.25, 0.3) is 11.8 Å². The second-order valence-corrected chi connectivity index (χ2v) is 8.23. The van der Waals surface area contributed by atoms with Crippen molar-refractivity contribution < 1.29 is 36.5 Å². The Morgan fingerprint density at radius 1 is 1.22 bits per heavy atom. The summed E-state index contributed by atoms with van der Waals surface area (Å²) in [6, 6.07) is -0.871. The van der Waals surface area contributed by atoms with Crippen LogP contribution in [0.15, 0.2) is 31.0 Å². The molecule has 1 fully saturated rings. The highest BCUT2D eigenvalue weighted by Gasteiger charge is 2.47. The summed E-state index contributed by atoms with van der Waals surface area (Å²) in [5, 5.41) is 12.6. The molecule has 0 aliphatic carbocycles. The fraction of sp³-hybridized carbons (Fsp3) is 0.429. The van der Waals surface area contributed by atoms with Gasteiger partial charge in [-0.25, -0.2) is 33.1 Å². The van der Waals surface area contributed by atoms with Crippen LogP contribution in [0.3, 0.4) is 0 Å². The van der Waals surface area contributed by atoms with Gasteiger partial charge in [0.15, 0.2) is 11.6 Å². The lowest BCUT2D eigenvalue weighted by Crippen LogP contribution is -2.73. The van der Waals surface area contributed by atoms with E-state index in [9.17, 15) is 31.1 Å². The third-order valence-electron chi connectivity index (χ3n) is 5.47. The van der Waals surface area contributed by atoms with E-state index in [4.69, 9.17) is 5.41 Å².